The number of aryl methyl sites for hydroxylation is 2. The lowest BCUT2D eigenvalue weighted by molar-refractivity contribution is 0.499. The molecule has 1 N–H and O–H groups in total. The monoisotopic (exact) mass is 204 g/mol. The zero-order chi connectivity index (χ0) is 10.8. The molecule has 1 aromatic rings. The Morgan fingerprint density at radius 2 is 1.93 bits per heavy atom. The van der Waals surface area contributed by atoms with E-state index in [1.165, 1.54) is 16.8 Å². The number of rotatable bonds is 1. The van der Waals surface area contributed by atoms with Crippen molar-refractivity contribution >= 4 is 5.69 Å². The van der Waals surface area contributed by atoms with Crippen LogP contribution in [-0.4, -0.2) is 25.7 Å². The molecule has 1 heterocycles. The number of hydrogen-bond donors (Lipinski definition) is 1. The average molecular weight is 204 g/mol. The molecule has 1 aliphatic rings. The number of nitrogens with zero attached hydrogens (tertiary/aromatic N) is 1. The van der Waals surface area contributed by atoms with Crippen molar-refractivity contribution in [3.8, 4) is 0 Å². The normalized spacial score (nSPS) is 21.8. The molecule has 0 spiro atoms. The number of anilines is 1. The predicted molar refractivity (Wildman–Crippen MR) is 65.6 cm³/mol. The maximum Gasteiger partial charge on any atom is 0.0428 e. The molecule has 2 heteroatoms. The number of nitrogens with one attached hydrogen (secondary N) is 1. The first-order valence-corrected chi connectivity index (χ1v) is 5.73. The molecule has 2 nitrogen and oxygen atoms in total. The summed E-state index contributed by atoms with van der Waals surface area (Å²) in [6, 6.07) is 7.15. The van der Waals surface area contributed by atoms with E-state index in [0.29, 0.717) is 6.04 Å². The van der Waals surface area contributed by atoms with Gasteiger partial charge in [0.05, 0.1) is 0 Å². The van der Waals surface area contributed by atoms with Crippen molar-refractivity contribution in [3.05, 3.63) is 29.3 Å². The summed E-state index contributed by atoms with van der Waals surface area (Å²) < 4.78 is 0. The highest BCUT2D eigenvalue weighted by Crippen LogP contribution is 2.26. The van der Waals surface area contributed by atoms with Crippen LogP contribution >= 0.6 is 0 Å². The van der Waals surface area contributed by atoms with Gasteiger partial charge in [0.1, 0.15) is 0 Å². The molecule has 0 aromatic heterocycles. The Morgan fingerprint density at radius 1 is 1.27 bits per heavy atom. The van der Waals surface area contributed by atoms with E-state index >= 15 is 0 Å². The molecule has 1 aliphatic heterocycles. The second-order valence-electron chi connectivity index (χ2n) is 4.49. The Balaban J connectivity index is 2.35. The van der Waals surface area contributed by atoms with Crippen LogP contribution in [0.2, 0.25) is 0 Å². The maximum atomic E-state index is 3.43. The standard InChI is InChI=1S/C13H20N2/c1-10-5-4-6-11(2)13(10)15-8-7-14-9-12(15)3/h4-6,12,14H,7-9H2,1-3H3. The molecule has 1 fully saturated rings. The average Bonchev–Trinajstić information content (AvgIpc) is 2.20. The van der Waals surface area contributed by atoms with E-state index in [1.54, 1.807) is 0 Å². The van der Waals surface area contributed by atoms with Gasteiger partial charge in [-0.05, 0) is 31.9 Å². The van der Waals surface area contributed by atoms with Gasteiger partial charge in [0.15, 0.2) is 0 Å². The van der Waals surface area contributed by atoms with Crippen molar-refractivity contribution in [1.82, 2.24) is 5.32 Å². The van der Waals surface area contributed by atoms with Crippen LogP contribution < -0.4 is 10.2 Å². The Hall–Kier alpha value is -1.02. The van der Waals surface area contributed by atoms with Gasteiger partial charge in [0.2, 0.25) is 0 Å². The molecule has 0 radical (unpaired) electrons. The fourth-order valence-electron chi connectivity index (χ4n) is 2.43. The van der Waals surface area contributed by atoms with E-state index in [-0.39, 0.29) is 0 Å². The summed E-state index contributed by atoms with van der Waals surface area (Å²) in [5.74, 6) is 0. The van der Waals surface area contributed by atoms with Gasteiger partial charge in [-0.15, -0.1) is 0 Å². The second kappa shape index (κ2) is 4.23. The Kier molecular flexibility index (Phi) is 2.96. The zero-order valence-corrected chi connectivity index (χ0v) is 9.88. The summed E-state index contributed by atoms with van der Waals surface area (Å²) in [6.45, 7) is 10.0. The fraction of sp³-hybridized carbons (Fsp3) is 0.538. The Morgan fingerprint density at radius 3 is 2.53 bits per heavy atom. The quantitative estimate of drug-likeness (QED) is 0.753. The summed E-state index contributed by atoms with van der Waals surface area (Å²) in [5, 5.41) is 3.43. The molecule has 2 rings (SSSR count). The van der Waals surface area contributed by atoms with Crippen molar-refractivity contribution in [2.75, 3.05) is 24.5 Å². The van der Waals surface area contributed by atoms with Gasteiger partial charge in [-0.3, -0.25) is 0 Å². The smallest absolute Gasteiger partial charge is 0.0428 e. The molecule has 15 heavy (non-hydrogen) atoms. The highest BCUT2D eigenvalue weighted by molar-refractivity contribution is 5.59. The van der Waals surface area contributed by atoms with Crippen LogP contribution in [0.15, 0.2) is 18.2 Å². The first kappa shape index (κ1) is 10.5. The van der Waals surface area contributed by atoms with Crippen molar-refractivity contribution in [3.63, 3.8) is 0 Å². The molecular weight excluding hydrogens is 184 g/mol. The molecule has 0 saturated carbocycles. The molecule has 1 unspecified atom stereocenters. The van der Waals surface area contributed by atoms with E-state index in [9.17, 15) is 0 Å². The SMILES string of the molecule is Cc1cccc(C)c1N1CCNCC1C. The summed E-state index contributed by atoms with van der Waals surface area (Å²) in [4.78, 5) is 2.53. The van der Waals surface area contributed by atoms with E-state index in [4.69, 9.17) is 0 Å². The Labute approximate surface area is 92.3 Å². The highest BCUT2D eigenvalue weighted by atomic mass is 15.2. The van der Waals surface area contributed by atoms with Gasteiger partial charge in [-0.25, -0.2) is 0 Å². The van der Waals surface area contributed by atoms with Crippen LogP contribution in [-0.2, 0) is 0 Å². The topological polar surface area (TPSA) is 15.3 Å². The van der Waals surface area contributed by atoms with Crippen LogP contribution in [0, 0.1) is 13.8 Å². The van der Waals surface area contributed by atoms with Gasteiger partial charge in [0, 0.05) is 31.4 Å². The summed E-state index contributed by atoms with van der Waals surface area (Å²) >= 11 is 0. The van der Waals surface area contributed by atoms with Crippen LogP contribution in [0.5, 0.6) is 0 Å². The molecule has 1 atom stereocenters. The van der Waals surface area contributed by atoms with Crippen LogP contribution in [0.25, 0.3) is 0 Å². The lowest BCUT2D eigenvalue weighted by atomic mass is 10.1. The third kappa shape index (κ3) is 2.00. The molecular formula is C13H20N2. The molecule has 1 aromatic carbocycles. The highest BCUT2D eigenvalue weighted by Gasteiger charge is 2.20. The van der Waals surface area contributed by atoms with Crippen LogP contribution in [0.3, 0.4) is 0 Å². The van der Waals surface area contributed by atoms with Crippen molar-refractivity contribution < 1.29 is 0 Å². The van der Waals surface area contributed by atoms with Crippen LogP contribution in [0.4, 0.5) is 5.69 Å². The summed E-state index contributed by atoms with van der Waals surface area (Å²) in [5.41, 5.74) is 4.22. The zero-order valence-electron chi connectivity index (χ0n) is 9.88. The van der Waals surface area contributed by atoms with E-state index in [2.05, 4.69) is 49.2 Å². The third-order valence-electron chi connectivity index (χ3n) is 3.23. The summed E-state index contributed by atoms with van der Waals surface area (Å²) in [7, 11) is 0. The van der Waals surface area contributed by atoms with Crippen molar-refractivity contribution in [1.29, 1.82) is 0 Å². The number of hydrogen-bond acceptors (Lipinski definition) is 2. The molecule has 0 amide bonds. The van der Waals surface area contributed by atoms with Crippen molar-refractivity contribution in [2.45, 2.75) is 26.8 Å². The second-order valence-corrected chi connectivity index (χ2v) is 4.49. The van der Waals surface area contributed by atoms with Gasteiger partial charge < -0.3 is 10.2 Å². The number of para-hydroxylation sites is 1. The molecule has 1 saturated heterocycles. The number of piperazine rings is 1. The maximum absolute atomic E-state index is 3.43. The van der Waals surface area contributed by atoms with Gasteiger partial charge in [0.25, 0.3) is 0 Å². The van der Waals surface area contributed by atoms with Gasteiger partial charge in [-0.2, -0.15) is 0 Å². The number of benzene rings is 1. The Bertz CT molecular complexity index is 326. The lowest BCUT2D eigenvalue weighted by Crippen LogP contribution is -2.50. The molecule has 0 aliphatic carbocycles. The van der Waals surface area contributed by atoms with E-state index < -0.39 is 0 Å². The minimum absolute atomic E-state index is 0.596. The lowest BCUT2D eigenvalue weighted by Gasteiger charge is -2.37. The van der Waals surface area contributed by atoms with Gasteiger partial charge >= 0.3 is 0 Å². The fourth-order valence-corrected chi connectivity index (χ4v) is 2.43. The minimum Gasteiger partial charge on any atom is -0.366 e. The van der Waals surface area contributed by atoms with Gasteiger partial charge in [-0.1, -0.05) is 18.2 Å². The third-order valence-corrected chi connectivity index (χ3v) is 3.23. The van der Waals surface area contributed by atoms with Crippen molar-refractivity contribution in [2.24, 2.45) is 0 Å². The minimum atomic E-state index is 0.596. The van der Waals surface area contributed by atoms with E-state index in [0.717, 1.165) is 19.6 Å². The first-order chi connectivity index (χ1) is 7.20. The largest absolute Gasteiger partial charge is 0.366 e. The summed E-state index contributed by atoms with van der Waals surface area (Å²) in [6.07, 6.45) is 0. The van der Waals surface area contributed by atoms with E-state index in [1.807, 2.05) is 0 Å². The van der Waals surface area contributed by atoms with Crippen LogP contribution in [0.1, 0.15) is 18.1 Å². The molecule has 0 bridgehead atoms. The first-order valence-electron chi connectivity index (χ1n) is 5.73. The molecule has 82 valence electrons. The predicted octanol–water partition coefficient (Wildman–Crippen LogP) is 2.10.